The summed E-state index contributed by atoms with van der Waals surface area (Å²) in [4.78, 5) is 11.3. The molecule has 2 rings (SSSR count). The lowest BCUT2D eigenvalue weighted by Crippen LogP contribution is -2.37. The molecule has 2 heterocycles. The summed E-state index contributed by atoms with van der Waals surface area (Å²) in [5, 5.41) is 2.82. The highest BCUT2D eigenvalue weighted by molar-refractivity contribution is 9.10. The molecule has 0 bridgehead atoms. The normalized spacial score (nSPS) is 21.8. The van der Waals surface area contributed by atoms with E-state index in [9.17, 15) is 4.79 Å². The fourth-order valence-electron chi connectivity index (χ4n) is 1.42. The third-order valence-electron chi connectivity index (χ3n) is 2.08. The van der Waals surface area contributed by atoms with Crippen molar-refractivity contribution in [3.63, 3.8) is 0 Å². The van der Waals surface area contributed by atoms with E-state index in [-0.39, 0.29) is 5.91 Å². The van der Waals surface area contributed by atoms with Crippen LogP contribution in [0.4, 0.5) is 0 Å². The van der Waals surface area contributed by atoms with Gasteiger partial charge in [-0.2, -0.15) is 0 Å². The van der Waals surface area contributed by atoms with Crippen LogP contribution in [-0.4, -0.2) is 17.0 Å². The van der Waals surface area contributed by atoms with Gasteiger partial charge in [-0.25, -0.2) is 0 Å². The minimum atomic E-state index is 0.0128. The maximum absolute atomic E-state index is 11.3. The molecule has 12 heavy (non-hydrogen) atoms. The van der Waals surface area contributed by atoms with Crippen molar-refractivity contribution in [3.8, 4) is 0 Å². The first-order valence-electron chi connectivity index (χ1n) is 3.84. The molecule has 1 aromatic rings. The van der Waals surface area contributed by atoms with Gasteiger partial charge >= 0.3 is 0 Å². The zero-order valence-electron chi connectivity index (χ0n) is 6.67. The molecule has 0 saturated carbocycles. The van der Waals surface area contributed by atoms with Gasteiger partial charge in [-0.05, 0) is 28.9 Å². The Morgan fingerprint density at radius 2 is 2.50 bits per heavy atom. The summed E-state index contributed by atoms with van der Waals surface area (Å²) in [5.41, 5.74) is 0.737. The van der Waals surface area contributed by atoms with E-state index in [1.807, 2.05) is 16.8 Å². The second-order valence-electron chi connectivity index (χ2n) is 3.01. The Morgan fingerprint density at radius 1 is 1.75 bits per heavy atom. The fourth-order valence-corrected chi connectivity index (χ4v) is 1.86. The van der Waals surface area contributed by atoms with Crippen LogP contribution in [-0.2, 0) is 0 Å². The van der Waals surface area contributed by atoms with Gasteiger partial charge < -0.3 is 9.88 Å². The van der Waals surface area contributed by atoms with Crippen LogP contribution in [0.2, 0.25) is 0 Å². The van der Waals surface area contributed by atoms with Gasteiger partial charge in [-0.3, -0.25) is 4.79 Å². The first-order valence-corrected chi connectivity index (χ1v) is 4.63. The topological polar surface area (TPSA) is 34.0 Å². The van der Waals surface area contributed by atoms with E-state index in [1.54, 1.807) is 0 Å². The van der Waals surface area contributed by atoms with Crippen LogP contribution >= 0.6 is 15.9 Å². The molecular formula is C8H9BrN2O. The lowest BCUT2D eigenvalue weighted by molar-refractivity contribution is 0.0918. The molecule has 1 aliphatic heterocycles. The van der Waals surface area contributed by atoms with Crippen LogP contribution in [0.25, 0.3) is 0 Å². The van der Waals surface area contributed by atoms with Crippen molar-refractivity contribution < 1.29 is 4.79 Å². The van der Waals surface area contributed by atoms with Crippen LogP contribution in [0.15, 0.2) is 16.7 Å². The number of hydrogen-bond donors (Lipinski definition) is 1. The van der Waals surface area contributed by atoms with Crippen molar-refractivity contribution >= 4 is 21.8 Å². The number of hydrogen-bond acceptors (Lipinski definition) is 1. The molecule has 1 unspecified atom stereocenters. The van der Waals surface area contributed by atoms with Crippen LogP contribution in [0, 0.1) is 0 Å². The first-order chi connectivity index (χ1) is 5.68. The highest BCUT2D eigenvalue weighted by Crippen LogP contribution is 2.21. The number of halogens is 1. The van der Waals surface area contributed by atoms with Crippen molar-refractivity contribution in [2.45, 2.75) is 13.0 Å². The lowest BCUT2D eigenvalue weighted by Gasteiger charge is -2.22. The molecule has 1 aromatic heterocycles. The monoisotopic (exact) mass is 228 g/mol. The third kappa shape index (κ3) is 1.06. The summed E-state index contributed by atoms with van der Waals surface area (Å²) < 4.78 is 2.95. The van der Waals surface area contributed by atoms with Crippen LogP contribution in [0.1, 0.15) is 23.5 Å². The number of carbonyl (C=O) groups excluding carboxylic acids is 1. The summed E-state index contributed by atoms with van der Waals surface area (Å²) in [6.07, 6.45) is 1.94. The summed E-state index contributed by atoms with van der Waals surface area (Å²) >= 11 is 3.35. The molecule has 0 saturated heterocycles. The Labute approximate surface area is 78.9 Å². The Kier molecular flexibility index (Phi) is 1.72. The summed E-state index contributed by atoms with van der Waals surface area (Å²) in [6, 6.07) is 2.19. The van der Waals surface area contributed by atoms with Crippen molar-refractivity contribution in [3.05, 3.63) is 22.4 Å². The Bertz CT molecular complexity index is 332. The maximum atomic E-state index is 11.3. The molecule has 1 N–H and O–H groups in total. The van der Waals surface area contributed by atoms with Crippen molar-refractivity contribution in [2.24, 2.45) is 0 Å². The molecule has 1 atom stereocenters. The van der Waals surface area contributed by atoms with Crippen molar-refractivity contribution in [2.75, 3.05) is 6.54 Å². The van der Waals surface area contributed by atoms with Gasteiger partial charge in [-0.15, -0.1) is 0 Å². The van der Waals surface area contributed by atoms with Crippen LogP contribution in [0.5, 0.6) is 0 Å². The molecule has 1 aliphatic rings. The molecule has 0 aliphatic carbocycles. The van der Waals surface area contributed by atoms with Crippen molar-refractivity contribution in [1.82, 2.24) is 9.88 Å². The van der Waals surface area contributed by atoms with E-state index in [4.69, 9.17) is 0 Å². The highest BCUT2D eigenvalue weighted by Gasteiger charge is 2.21. The molecule has 64 valence electrons. The SMILES string of the molecule is CC1CNC(=O)c2cc(Br)cn21. The Balaban J connectivity index is 2.54. The Hall–Kier alpha value is -0.770. The van der Waals surface area contributed by atoms with Crippen molar-refractivity contribution in [1.29, 1.82) is 0 Å². The number of nitrogens with one attached hydrogen (secondary N) is 1. The summed E-state index contributed by atoms with van der Waals surface area (Å²) in [7, 11) is 0. The van der Waals surface area contributed by atoms with E-state index in [0.29, 0.717) is 12.6 Å². The maximum Gasteiger partial charge on any atom is 0.268 e. The fraction of sp³-hybridized carbons (Fsp3) is 0.375. The number of carbonyl (C=O) groups is 1. The third-order valence-corrected chi connectivity index (χ3v) is 2.51. The predicted octanol–water partition coefficient (Wildman–Crippen LogP) is 1.56. The average Bonchev–Trinajstić information content (AvgIpc) is 2.41. The van der Waals surface area contributed by atoms with Gasteiger partial charge in [-0.1, -0.05) is 0 Å². The second-order valence-corrected chi connectivity index (χ2v) is 3.93. The molecular weight excluding hydrogens is 220 g/mol. The van der Waals surface area contributed by atoms with Crippen LogP contribution < -0.4 is 5.32 Å². The average molecular weight is 229 g/mol. The highest BCUT2D eigenvalue weighted by atomic mass is 79.9. The Morgan fingerprint density at radius 3 is 3.17 bits per heavy atom. The first kappa shape index (κ1) is 7.86. The molecule has 0 aromatic carbocycles. The largest absolute Gasteiger partial charge is 0.349 e. The van der Waals surface area contributed by atoms with Gasteiger partial charge in [0.2, 0.25) is 0 Å². The molecule has 4 heteroatoms. The number of nitrogens with zero attached hydrogens (tertiary/aromatic N) is 1. The van der Waals surface area contributed by atoms with Crippen LogP contribution in [0.3, 0.4) is 0 Å². The minimum Gasteiger partial charge on any atom is -0.349 e. The minimum absolute atomic E-state index is 0.0128. The van der Waals surface area contributed by atoms with E-state index in [0.717, 1.165) is 10.2 Å². The summed E-state index contributed by atoms with van der Waals surface area (Å²) in [5.74, 6) is 0.0128. The van der Waals surface area contributed by atoms with Gasteiger partial charge in [0.1, 0.15) is 5.69 Å². The van der Waals surface area contributed by atoms with Gasteiger partial charge in [0.15, 0.2) is 0 Å². The molecule has 1 amide bonds. The zero-order chi connectivity index (χ0) is 8.72. The van der Waals surface area contributed by atoms with Gasteiger partial charge in [0.25, 0.3) is 5.91 Å². The second kappa shape index (κ2) is 2.62. The van der Waals surface area contributed by atoms with E-state index >= 15 is 0 Å². The molecule has 0 spiro atoms. The predicted molar refractivity (Wildman–Crippen MR) is 49.2 cm³/mol. The number of fused-ring (bicyclic) bond motifs is 1. The smallest absolute Gasteiger partial charge is 0.268 e. The summed E-state index contributed by atoms with van der Waals surface area (Å²) in [6.45, 7) is 2.79. The van der Waals surface area contributed by atoms with E-state index in [1.165, 1.54) is 0 Å². The molecule has 0 fully saturated rings. The quantitative estimate of drug-likeness (QED) is 0.719. The van der Waals surface area contributed by atoms with E-state index in [2.05, 4.69) is 28.2 Å². The van der Waals surface area contributed by atoms with E-state index < -0.39 is 0 Å². The van der Waals surface area contributed by atoms with Gasteiger partial charge in [0, 0.05) is 23.3 Å². The zero-order valence-corrected chi connectivity index (χ0v) is 8.26. The standard InChI is InChI=1S/C8H9BrN2O/c1-5-3-10-8(12)7-2-6(9)4-11(5)7/h2,4-5H,3H2,1H3,(H,10,12). The molecule has 0 radical (unpaired) electrons. The lowest BCUT2D eigenvalue weighted by atomic mass is 10.2. The number of aromatic nitrogens is 1. The number of amides is 1. The number of rotatable bonds is 0. The molecule has 3 nitrogen and oxygen atoms in total. The van der Waals surface area contributed by atoms with Gasteiger partial charge in [0.05, 0.1) is 0 Å².